The summed E-state index contributed by atoms with van der Waals surface area (Å²) in [5, 5.41) is 3.52. The van der Waals surface area contributed by atoms with Crippen LogP contribution in [0.15, 0.2) is 64.6 Å². The number of rotatable bonds is 7. The molecule has 5 heteroatoms. The number of benzene rings is 1. The van der Waals surface area contributed by atoms with Gasteiger partial charge in [0.05, 0.1) is 6.54 Å². The number of hydrogen-bond acceptors (Lipinski definition) is 3. The highest BCUT2D eigenvalue weighted by Crippen LogP contribution is 2.22. The summed E-state index contributed by atoms with van der Waals surface area (Å²) in [6, 6.07) is 16.3. The van der Waals surface area contributed by atoms with Crippen molar-refractivity contribution in [1.82, 2.24) is 10.3 Å². The second-order valence-electron chi connectivity index (χ2n) is 4.97. The number of pyridine rings is 1. The van der Waals surface area contributed by atoms with E-state index >= 15 is 0 Å². The molecule has 0 aliphatic carbocycles. The summed E-state index contributed by atoms with van der Waals surface area (Å²) in [7, 11) is 0. The lowest BCUT2D eigenvalue weighted by atomic mass is 10.3. The van der Waals surface area contributed by atoms with Gasteiger partial charge in [-0.05, 0) is 24.3 Å². The van der Waals surface area contributed by atoms with Gasteiger partial charge in [-0.2, -0.15) is 0 Å². The molecule has 1 unspecified atom stereocenters. The van der Waals surface area contributed by atoms with E-state index in [9.17, 15) is 0 Å². The van der Waals surface area contributed by atoms with E-state index in [-0.39, 0.29) is 0 Å². The smallest absolute Gasteiger partial charge is 0.188 e. The van der Waals surface area contributed by atoms with E-state index in [2.05, 4.69) is 34.3 Å². The number of hydrogen-bond donors (Lipinski definition) is 2. The zero-order chi connectivity index (χ0) is 15.6. The minimum Gasteiger partial charge on any atom is -0.370 e. The molecule has 2 rings (SSSR count). The van der Waals surface area contributed by atoms with Gasteiger partial charge in [0.15, 0.2) is 5.96 Å². The predicted octanol–water partition coefficient (Wildman–Crippen LogP) is 2.71. The molecule has 0 saturated carbocycles. The Hall–Kier alpha value is -2.01. The Kier molecular flexibility index (Phi) is 6.77. The van der Waals surface area contributed by atoms with E-state index in [0.717, 1.165) is 18.7 Å². The summed E-state index contributed by atoms with van der Waals surface area (Å²) in [5.41, 5.74) is 6.94. The average molecular weight is 314 g/mol. The normalized spacial score (nSPS) is 12.9. The molecule has 0 saturated heterocycles. The van der Waals surface area contributed by atoms with Gasteiger partial charge < -0.3 is 11.1 Å². The van der Waals surface area contributed by atoms with Gasteiger partial charge in [0.2, 0.25) is 0 Å². The zero-order valence-corrected chi connectivity index (χ0v) is 13.6. The molecule has 116 valence electrons. The number of aromatic nitrogens is 1. The Morgan fingerprint density at radius 2 is 2.00 bits per heavy atom. The Labute approximate surface area is 136 Å². The van der Waals surface area contributed by atoms with Crippen LogP contribution in [0.1, 0.15) is 12.6 Å². The molecule has 22 heavy (non-hydrogen) atoms. The average Bonchev–Trinajstić information content (AvgIpc) is 2.55. The van der Waals surface area contributed by atoms with Crippen molar-refractivity contribution in [2.45, 2.75) is 23.5 Å². The maximum absolute atomic E-state index is 5.89. The van der Waals surface area contributed by atoms with E-state index in [1.807, 2.05) is 36.4 Å². The van der Waals surface area contributed by atoms with Gasteiger partial charge >= 0.3 is 0 Å². The second kappa shape index (κ2) is 9.10. The maximum atomic E-state index is 5.89. The highest BCUT2D eigenvalue weighted by atomic mass is 32.2. The van der Waals surface area contributed by atoms with Gasteiger partial charge in [-0.1, -0.05) is 31.2 Å². The summed E-state index contributed by atoms with van der Waals surface area (Å²) >= 11 is 1.81. The van der Waals surface area contributed by atoms with Crippen molar-refractivity contribution >= 4 is 17.7 Å². The fourth-order valence-corrected chi connectivity index (χ4v) is 2.84. The maximum Gasteiger partial charge on any atom is 0.188 e. The van der Waals surface area contributed by atoms with E-state index in [1.54, 1.807) is 18.0 Å². The fraction of sp³-hybridized carbons (Fsp3) is 0.294. The van der Waals surface area contributed by atoms with Crippen LogP contribution in [0, 0.1) is 0 Å². The zero-order valence-electron chi connectivity index (χ0n) is 12.8. The first-order chi connectivity index (χ1) is 10.7. The van der Waals surface area contributed by atoms with Crippen LogP contribution < -0.4 is 11.1 Å². The van der Waals surface area contributed by atoms with Gasteiger partial charge in [0.1, 0.15) is 0 Å². The Morgan fingerprint density at radius 3 is 2.73 bits per heavy atom. The third-order valence-electron chi connectivity index (χ3n) is 3.01. The van der Waals surface area contributed by atoms with Gasteiger partial charge in [0.25, 0.3) is 0 Å². The first-order valence-corrected chi connectivity index (χ1v) is 8.27. The summed E-state index contributed by atoms with van der Waals surface area (Å²) in [5.74, 6) is 0.497. The van der Waals surface area contributed by atoms with Gasteiger partial charge in [-0.25, -0.2) is 0 Å². The van der Waals surface area contributed by atoms with Crippen LogP contribution in [-0.4, -0.2) is 29.3 Å². The van der Waals surface area contributed by atoms with Gasteiger partial charge in [-0.15, -0.1) is 11.8 Å². The molecule has 0 fully saturated rings. The van der Waals surface area contributed by atoms with Gasteiger partial charge in [0, 0.05) is 35.0 Å². The largest absolute Gasteiger partial charge is 0.370 e. The monoisotopic (exact) mass is 314 g/mol. The van der Waals surface area contributed by atoms with Crippen molar-refractivity contribution in [3.8, 4) is 0 Å². The number of guanidine groups is 1. The lowest BCUT2D eigenvalue weighted by Gasteiger charge is -2.10. The van der Waals surface area contributed by atoms with Crippen molar-refractivity contribution in [3.05, 3.63) is 60.4 Å². The summed E-state index contributed by atoms with van der Waals surface area (Å²) in [6.45, 7) is 3.59. The molecule has 0 radical (unpaired) electrons. The first-order valence-electron chi connectivity index (χ1n) is 7.39. The SMILES string of the molecule is CC(CN=C(N)NCCc1ccccn1)Sc1ccccc1. The van der Waals surface area contributed by atoms with E-state index < -0.39 is 0 Å². The van der Waals surface area contributed by atoms with Crippen LogP contribution in [0.25, 0.3) is 0 Å². The molecular weight excluding hydrogens is 292 g/mol. The standard InChI is InChI=1S/C17H22N4S/c1-14(22-16-8-3-2-4-9-16)13-21-17(18)20-12-10-15-7-5-6-11-19-15/h2-9,11,14H,10,12-13H2,1H3,(H3,18,20,21). The quantitative estimate of drug-likeness (QED) is 0.468. The molecule has 0 bridgehead atoms. The number of nitrogens with one attached hydrogen (secondary N) is 1. The highest BCUT2D eigenvalue weighted by molar-refractivity contribution is 8.00. The highest BCUT2D eigenvalue weighted by Gasteiger charge is 2.03. The van der Waals surface area contributed by atoms with Gasteiger partial charge in [-0.3, -0.25) is 9.98 Å². The molecule has 0 aliphatic rings. The molecule has 0 aliphatic heterocycles. The number of nitrogens with zero attached hydrogens (tertiary/aromatic N) is 2. The molecular formula is C17H22N4S. The summed E-state index contributed by atoms with van der Waals surface area (Å²) in [4.78, 5) is 9.92. The Bertz CT molecular complexity index is 572. The van der Waals surface area contributed by atoms with Crippen LogP contribution in [0.4, 0.5) is 0 Å². The molecule has 2 aromatic rings. The summed E-state index contributed by atoms with van der Waals surface area (Å²) < 4.78 is 0. The van der Waals surface area contributed by atoms with E-state index in [4.69, 9.17) is 5.73 Å². The number of thioether (sulfide) groups is 1. The Balaban J connectivity index is 1.68. The summed E-state index contributed by atoms with van der Waals surface area (Å²) in [6.07, 6.45) is 2.64. The second-order valence-corrected chi connectivity index (χ2v) is 6.48. The molecule has 4 nitrogen and oxygen atoms in total. The van der Waals surface area contributed by atoms with E-state index in [0.29, 0.717) is 17.8 Å². The predicted molar refractivity (Wildman–Crippen MR) is 94.2 cm³/mol. The number of nitrogens with two attached hydrogens (primary N) is 1. The Morgan fingerprint density at radius 1 is 1.23 bits per heavy atom. The molecule has 1 aromatic heterocycles. The van der Waals surface area contributed by atoms with Crippen LogP contribution in [0.3, 0.4) is 0 Å². The number of aliphatic imine (C=N–C) groups is 1. The van der Waals surface area contributed by atoms with Crippen LogP contribution >= 0.6 is 11.8 Å². The van der Waals surface area contributed by atoms with Crippen LogP contribution in [0.5, 0.6) is 0 Å². The van der Waals surface area contributed by atoms with Crippen molar-refractivity contribution in [1.29, 1.82) is 0 Å². The lowest BCUT2D eigenvalue weighted by molar-refractivity contribution is 0.824. The minimum atomic E-state index is 0.388. The molecule has 1 atom stereocenters. The van der Waals surface area contributed by atoms with Crippen molar-refractivity contribution in [2.24, 2.45) is 10.7 Å². The van der Waals surface area contributed by atoms with Crippen LogP contribution in [0.2, 0.25) is 0 Å². The van der Waals surface area contributed by atoms with Crippen LogP contribution in [-0.2, 0) is 6.42 Å². The fourth-order valence-electron chi connectivity index (χ4n) is 1.92. The van der Waals surface area contributed by atoms with Crippen molar-refractivity contribution in [2.75, 3.05) is 13.1 Å². The van der Waals surface area contributed by atoms with Crippen molar-refractivity contribution < 1.29 is 0 Å². The lowest BCUT2D eigenvalue weighted by Crippen LogP contribution is -2.33. The van der Waals surface area contributed by atoms with E-state index in [1.165, 1.54) is 4.90 Å². The third-order valence-corrected chi connectivity index (χ3v) is 4.11. The molecule has 1 heterocycles. The molecule has 0 amide bonds. The molecule has 1 aromatic carbocycles. The molecule has 0 spiro atoms. The first kappa shape index (κ1) is 16.4. The third kappa shape index (κ3) is 6.18. The van der Waals surface area contributed by atoms with Crippen molar-refractivity contribution in [3.63, 3.8) is 0 Å². The minimum absolute atomic E-state index is 0.388. The topological polar surface area (TPSA) is 63.3 Å². The molecule has 3 N–H and O–H groups in total.